The maximum absolute atomic E-state index is 13.6. The van der Waals surface area contributed by atoms with Gasteiger partial charge in [0.2, 0.25) is 35.4 Å². The lowest BCUT2D eigenvalue weighted by molar-refractivity contribution is -0.131. The van der Waals surface area contributed by atoms with Crippen LogP contribution >= 0.6 is 0 Å². The Balaban J connectivity index is 1.24. The van der Waals surface area contributed by atoms with Crippen LogP contribution < -0.4 is 38.1 Å². The van der Waals surface area contributed by atoms with Gasteiger partial charge in [-0.15, -0.1) is 0 Å². The number of benzene rings is 3. The summed E-state index contributed by atoms with van der Waals surface area (Å²) in [5.41, 5.74) is 14.4. The van der Waals surface area contributed by atoms with E-state index in [2.05, 4.69) is 31.6 Å². The largest absolute Gasteiger partial charge is 0.508 e. The molecule has 3 aromatic carbocycles. The monoisotopic (exact) mass is 696 g/mol. The first-order valence-electron chi connectivity index (χ1n) is 16.4. The van der Waals surface area contributed by atoms with E-state index in [1.54, 1.807) is 42.6 Å². The van der Waals surface area contributed by atoms with Crippen LogP contribution in [0, 0.1) is 0 Å². The highest BCUT2D eigenvalue weighted by atomic mass is 16.3. The molecule has 2 heterocycles. The Hall–Kier alpha value is -6.22. The van der Waals surface area contributed by atoms with Crippen molar-refractivity contribution in [3.63, 3.8) is 0 Å². The van der Waals surface area contributed by atoms with Crippen molar-refractivity contribution in [3.8, 4) is 5.75 Å². The summed E-state index contributed by atoms with van der Waals surface area (Å²) in [7, 11) is 0. The van der Waals surface area contributed by atoms with Gasteiger partial charge in [0.25, 0.3) is 0 Å². The third-order valence-electron chi connectivity index (χ3n) is 8.55. The van der Waals surface area contributed by atoms with Crippen molar-refractivity contribution in [1.29, 1.82) is 0 Å². The van der Waals surface area contributed by atoms with E-state index < -0.39 is 72.2 Å². The van der Waals surface area contributed by atoms with Crippen molar-refractivity contribution in [2.45, 2.75) is 55.9 Å². The second kappa shape index (κ2) is 16.5. The number of hydrogen-bond donors (Lipinski definition) is 9. The molecule has 0 aliphatic carbocycles. The zero-order valence-electron chi connectivity index (χ0n) is 27.6. The zero-order chi connectivity index (χ0) is 36.5. The van der Waals surface area contributed by atoms with Gasteiger partial charge in [0.15, 0.2) is 0 Å². The fourth-order valence-corrected chi connectivity index (χ4v) is 5.86. The molecule has 266 valence electrons. The fourth-order valence-electron chi connectivity index (χ4n) is 5.86. The van der Waals surface area contributed by atoms with Gasteiger partial charge in [0.1, 0.15) is 29.9 Å². The van der Waals surface area contributed by atoms with Crippen molar-refractivity contribution in [1.82, 2.24) is 31.6 Å². The molecule has 5 rings (SSSR count). The number of amides is 6. The Kier molecular flexibility index (Phi) is 11.6. The minimum Gasteiger partial charge on any atom is -0.508 e. The SMILES string of the molecule is NC(=O)CNC(=O)[C@H](Cc1c[nH]c2ccccc12)NC(=O)[C@H]1C[C@H](NC(=O)[C@H](Cc2ccccc2)NC(=O)[C@@H](N)Cc2ccc(O)cc2)C(=O)N1. The molecule has 1 fully saturated rings. The maximum Gasteiger partial charge on any atom is 0.243 e. The molecule has 1 aliphatic rings. The summed E-state index contributed by atoms with van der Waals surface area (Å²) in [6.07, 6.45) is 1.90. The molecule has 0 bridgehead atoms. The third-order valence-corrected chi connectivity index (χ3v) is 8.55. The van der Waals surface area contributed by atoms with Crippen LogP contribution in [0.2, 0.25) is 0 Å². The summed E-state index contributed by atoms with van der Waals surface area (Å²) in [5.74, 6) is -3.88. The van der Waals surface area contributed by atoms with Crippen LogP contribution in [0.5, 0.6) is 5.75 Å². The van der Waals surface area contributed by atoms with Gasteiger partial charge >= 0.3 is 0 Å². The van der Waals surface area contributed by atoms with E-state index in [4.69, 9.17) is 11.5 Å². The molecular weight excluding hydrogens is 656 g/mol. The van der Waals surface area contributed by atoms with E-state index in [0.29, 0.717) is 5.56 Å². The highest BCUT2D eigenvalue weighted by molar-refractivity contribution is 5.99. The predicted octanol–water partition coefficient (Wildman–Crippen LogP) is -0.827. The van der Waals surface area contributed by atoms with Gasteiger partial charge in [-0.25, -0.2) is 0 Å². The lowest BCUT2D eigenvalue weighted by Gasteiger charge is -2.22. The van der Waals surface area contributed by atoms with Crippen molar-refractivity contribution in [3.05, 3.63) is 102 Å². The summed E-state index contributed by atoms with van der Waals surface area (Å²) in [4.78, 5) is 80.7. The van der Waals surface area contributed by atoms with Crippen LogP contribution in [0.25, 0.3) is 10.9 Å². The molecular formula is C36H40N8O7. The second-order valence-corrected chi connectivity index (χ2v) is 12.4. The summed E-state index contributed by atoms with van der Waals surface area (Å²) in [6.45, 7) is -0.435. The Labute approximate surface area is 292 Å². The van der Waals surface area contributed by atoms with Gasteiger partial charge < -0.3 is 48.1 Å². The van der Waals surface area contributed by atoms with Crippen LogP contribution in [0.15, 0.2) is 85.1 Å². The molecule has 15 heteroatoms. The smallest absolute Gasteiger partial charge is 0.243 e. The van der Waals surface area contributed by atoms with Gasteiger partial charge in [-0.1, -0.05) is 60.7 Å². The number of aromatic nitrogens is 1. The lowest BCUT2D eigenvalue weighted by atomic mass is 10.0. The number of phenols is 1. The number of hydrogen-bond acceptors (Lipinski definition) is 8. The van der Waals surface area contributed by atoms with Crippen LogP contribution in [0.4, 0.5) is 0 Å². The Bertz CT molecular complexity index is 1900. The van der Waals surface area contributed by atoms with Gasteiger partial charge in [-0.05, 0) is 41.3 Å². The number of rotatable bonds is 15. The van der Waals surface area contributed by atoms with Crippen LogP contribution in [-0.4, -0.2) is 82.3 Å². The van der Waals surface area contributed by atoms with Crippen molar-refractivity contribution in [2.24, 2.45) is 11.5 Å². The van der Waals surface area contributed by atoms with E-state index in [9.17, 15) is 33.9 Å². The van der Waals surface area contributed by atoms with Gasteiger partial charge in [0, 0.05) is 36.4 Å². The molecule has 6 amide bonds. The van der Waals surface area contributed by atoms with E-state index >= 15 is 0 Å². The summed E-state index contributed by atoms with van der Waals surface area (Å²) in [6, 6.07) is 17.2. The summed E-state index contributed by atoms with van der Waals surface area (Å²) >= 11 is 0. The summed E-state index contributed by atoms with van der Waals surface area (Å²) in [5, 5.41) is 23.4. The fraction of sp³-hybridized carbons (Fsp3) is 0.278. The normalized spacial score (nSPS) is 17.1. The molecule has 1 aliphatic heterocycles. The van der Waals surface area contributed by atoms with E-state index in [-0.39, 0.29) is 31.4 Å². The average molecular weight is 697 g/mol. The molecule has 11 N–H and O–H groups in total. The van der Waals surface area contributed by atoms with E-state index in [0.717, 1.165) is 22.0 Å². The van der Waals surface area contributed by atoms with Crippen LogP contribution in [0.3, 0.4) is 0 Å². The molecule has 1 aromatic heterocycles. The Morgan fingerprint density at radius 1 is 0.804 bits per heavy atom. The van der Waals surface area contributed by atoms with Crippen molar-refractivity contribution < 1.29 is 33.9 Å². The minimum absolute atomic E-state index is 0.0664. The van der Waals surface area contributed by atoms with Crippen molar-refractivity contribution >= 4 is 46.3 Å². The van der Waals surface area contributed by atoms with E-state index in [1.165, 1.54) is 12.1 Å². The summed E-state index contributed by atoms with van der Waals surface area (Å²) < 4.78 is 0. The Morgan fingerprint density at radius 2 is 1.47 bits per heavy atom. The van der Waals surface area contributed by atoms with Gasteiger partial charge in [-0.2, -0.15) is 0 Å². The number of carbonyl (C=O) groups excluding carboxylic acids is 6. The number of carbonyl (C=O) groups is 6. The molecule has 1 saturated heterocycles. The third kappa shape index (κ3) is 9.70. The average Bonchev–Trinajstić information content (AvgIpc) is 3.70. The standard InChI is InChI=1S/C36H40N8O7/c37-25(14-21-10-12-23(45)13-11-21)32(47)41-27(15-20-6-2-1-3-7-20)34(49)43-30-17-29(44-36(30)51)35(50)42-28(33(48)40-19-31(38)46)16-22-18-39-26-9-5-4-8-24(22)26/h1-13,18,25,27-30,39,45H,14-17,19,37H2,(H2,38,46)(H,40,48)(H,41,47)(H,42,50)(H,43,49)(H,44,51)/t25-,27-,28-,29+,30-/m0/s1. The number of nitrogens with two attached hydrogens (primary N) is 2. The highest BCUT2D eigenvalue weighted by Gasteiger charge is 2.39. The molecule has 0 radical (unpaired) electrons. The molecule has 15 nitrogen and oxygen atoms in total. The van der Waals surface area contributed by atoms with Crippen LogP contribution in [-0.2, 0) is 48.0 Å². The number of phenolic OH excluding ortho intramolecular Hbond substituents is 1. The molecule has 4 aromatic rings. The topological polar surface area (TPSA) is 251 Å². The van der Waals surface area contributed by atoms with Gasteiger partial charge in [-0.3, -0.25) is 28.8 Å². The van der Waals surface area contributed by atoms with Gasteiger partial charge in [0.05, 0.1) is 12.6 Å². The molecule has 51 heavy (non-hydrogen) atoms. The number of para-hydroxylation sites is 1. The number of aromatic hydroxyl groups is 1. The second-order valence-electron chi connectivity index (χ2n) is 12.4. The molecule has 0 unspecified atom stereocenters. The van der Waals surface area contributed by atoms with Crippen molar-refractivity contribution in [2.75, 3.05) is 6.54 Å². The number of aromatic amines is 1. The zero-order valence-corrected chi connectivity index (χ0v) is 27.6. The number of primary amides is 1. The minimum atomic E-state index is -1.13. The number of nitrogens with one attached hydrogen (secondary N) is 6. The first-order chi connectivity index (χ1) is 24.5. The van der Waals surface area contributed by atoms with Crippen LogP contribution in [0.1, 0.15) is 23.1 Å². The molecule has 5 atom stereocenters. The highest BCUT2D eigenvalue weighted by Crippen LogP contribution is 2.20. The van der Waals surface area contributed by atoms with E-state index in [1.807, 2.05) is 30.3 Å². The quantitative estimate of drug-likeness (QED) is 0.0757. The first-order valence-corrected chi connectivity index (χ1v) is 16.4. The molecule has 0 saturated carbocycles. The number of H-pyrrole nitrogens is 1. The predicted molar refractivity (Wildman–Crippen MR) is 186 cm³/mol. The lowest BCUT2D eigenvalue weighted by Crippen LogP contribution is -2.55. The first kappa shape index (κ1) is 36.1. The molecule has 0 spiro atoms. The maximum atomic E-state index is 13.6. The number of fused-ring (bicyclic) bond motifs is 1. The Morgan fingerprint density at radius 3 is 2.20 bits per heavy atom.